The molecule has 0 fully saturated rings. The molecule has 0 radical (unpaired) electrons. The van der Waals surface area contributed by atoms with Crippen LogP contribution in [-0.4, -0.2) is 30.4 Å². The van der Waals surface area contributed by atoms with Crippen molar-refractivity contribution >= 4 is 24.6 Å². The number of carbonyl (C=O) groups is 2. The molecule has 0 saturated carbocycles. The van der Waals surface area contributed by atoms with E-state index in [1.807, 2.05) is 0 Å². The zero-order valence-electron chi connectivity index (χ0n) is 16.6. The summed E-state index contributed by atoms with van der Waals surface area (Å²) in [6.45, 7) is 9.40. The Morgan fingerprint density at radius 2 is 1.56 bits per heavy atom. The molecule has 0 aromatic carbocycles. The molecule has 0 rings (SSSR count). The third-order valence-corrected chi connectivity index (χ3v) is 5.37. The summed E-state index contributed by atoms with van der Waals surface area (Å²) in [6, 6.07) is 0. The van der Waals surface area contributed by atoms with E-state index in [2.05, 4.69) is 40.3 Å². The number of rotatable bonds is 15. The second kappa shape index (κ2) is 14.5. The van der Waals surface area contributed by atoms with Gasteiger partial charge in [0.25, 0.3) is 0 Å². The first-order valence-corrected chi connectivity index (χ1v) is 10.5. The lowest BCUT2D eigenvalue weighted by Gasteiger charge is -2.31. The Labute approximate surface area is 159 Å². The zero-order valence-corrected chi connectivity index (χ0v) is 17.5. The van der Waals surface area contributed by atoms with Gasteiger partial charge in [-0.1, -0.05) is 59.8 Å². The highest BCUT2D eigenvalue weighted by atomic mass is 32.1. The molecule has 0 heterocycles. The molecule has 0 aliphatic heterocycles. The Morgan fingerprint density at radius 1 is 0.920 bits per heavy atom. The van der Waals surface area contributed by atoms with Crippen molar-refractivity contribution < 1.29 is 19.1 Å². The van der Waals surface area contributed by atoms with E-state index in [4.69, 9.17) is 9.47 Å². The minimum absolute atomic E-state index is 0.0318. The highest BCUT2D eigenvalue weighted by molar-refractivity contribution is 7.81. The largest absolute Gasteiger partial charge is 0.466 e. The first-order chi connectivity index (χ1) is 11.9. The average molecular weight is 375 g/mol. The van der Waals surface area contributed by atoms with Gasteiger partial charge in [0, 0.05) is 5.41 Å². The number of unbranched alkanes of at least 4 members (excludes halogenated alkanes) is 4. The Bertz CT molecular complexity index is 367. The van der Waals surface area contributed by atoms with E-state index in [1.54, 1.807) is 0 Å². The molecule has 0 aromatic heterocycles. The molecule has 0 N–H and O–H groups in total. The van der Waals surface area contributed by atoms with Crippen LogP contribution in [0.15, 0.2) is 0 Å². The van der Waals surface area contributed by atoms with Crippen LogP contribution in [0.4, 0.5) is 0 Å². The van der Waals surface area contributed by atoms with Crippen LogP contribution in [0.2, 0.25) is 0 Å². The minimum atomic E-state index is -0.749. The van der Waals surface area contributed by atoms with Crippen molar-refractivity contribution in [2.24, 2.45) is 5.41 Å². The first kappa shape index (κ1) is 24.3. The molecule has 0 aromatic rings. The second-order valence-electron chi connectivity index (χ2n) is 6.92. The standard InChI is InChI=1S/C20H38O4S/c1-5-9-11-12-14-23-18(21)15-17(25)19(22)24-16-20(7-3,8-4)13-10-6-2/h17,25H,5-16H2,1-4H3. The van der Waals surface area contributed by atoms with E-state index in [9.17, 15) is 9.59 Å². The normalized spacial score (nSPS) is 12.7. The molecule has 0 bridgehead atoms. The third-order valence-electron chi connectivity index (χ3n) is 4.97. The fraction of sp³-hybridized carbons (Fsp3) is 0.900. The van der Waals surface area contributed by atoms with E-state index < -0.39 is 11.2 Å². The van der Waals surface area contributed by atoms with Crippen molar-refractivity contribution in [1.29, 1.82) is 0 Å². The van der Waals surface area contributed by atoms with Gasteiger partial charge in [0.05, 0.1) is 19.6 Å². The van der Waals surface area contributed by atoms with E-state index >= 15 is 0 Å². The SMILES string of the molecule is CCCCCCOC(=O)CC(S)C(=O)OCC(CC)(CC)CCCC. The van der Waals surface area contributed by atoms with Gasteiger partial charge in [-0.05, 0) is 25.7 Å². The lowest BCUT2D eigenvalue weighted by Crippen LogP contribution is -2.31. The van der Waals surface area contributed by atoms with Crippen molar-refractivity contribution in [3.63, 3.8) is 0 Å². The zero-order chi connectivity index (χ0) is 19.1. The summed E-state index contributed by atoms with van der Waals surface area (Å²) >= 11 is 4.23. The molecule has 5 heteroatoms. The summed E-state index contributed by atoms with van der Waals surface area (Å²) in [6.07, 6.45) is 9.47. The predicted molar refractivity (Wildman–Crippen MR) is 106 cm³/mol. The molecule has 4 nitrogen and oxygen atoms in total. The molecule has 1 unspecified atom stereocenters. The van der Waals surface area contributed by atoms with Crippen molar-refractivity contribution in [2.75, 3.05) is 13.2 Å². The van der Waals surface area contributed by atoms with Crippen LogP contribution in [0.3, 0.4) is 0 Å². The van der Waals surface area contributed by atoms with Crippen LogP contribution in [0, 0.1) is 5.41 Å². The van der Waals surface area contributed by atoms with Crippen LogP contribution >= 0.6 is 12.6 Å². The predicted octanol–water partition coefficient (Wildman–Crippen LogP) is 5.34. The number of hydrogen-bond donors (Lipinski definition) is 1. The van der Waals surface area contributed by atoms with Gasteiger partial charge in [0.1, 0.15) is 5.25 Å². The summed E-state index contributed by atoms with van der Waals surface area (Å²) in [5.74, 6) is -0.800. The summed E-state index contributed by atoms with van der Waals surface area (Å²) in [7, 11) is 0. The van der Waals surface area contributed by atoms with Crippen molar-refractivity contribution in [3.8, 4) is 0 Å². The maximum absolute atomic E-state index is 12.1. The van der Waals surface area contributed by atoms with E-state index in [0.717, 1.165) is 57.8 Å². The smallest absolute Gasteiger partial charge is 0.319 e. The summed E-state index contributed by atoms with van der Waals surface area (Å²) < 4.78 is 10.6. The Balaban J connectivity index is 4.20. The van der Waals surface area contributed by atoms with E-state index in [1.165, 1.54) is 0 Å². The van der Waals surface area contributed by atoms with Crippen LogP contribution in [-0.2, 0) is 19.1 Å². The number of carbonyl (C=O) groups excluding carboxylic acids is 2. The quantitative estimate of drug-likeness (QED) is 0.239. The summed E-state index contributed by atoms with van der Waals surface area (Å²) in [4.78, 5) is 23.9. The maximum atomic E-state index is 12.1. The Hall–Kier alpha value is -0.710. The fourth-order valence-corrected chi connectivity index (χ4v) is 2.99. The molecular weight excluding hydrogens is 336 g/mol. The highest BCUT2D eigenvalue weighted by Crippen LogP contribution is 2.33. The number of esters is 2. The van der Waals surface area contributed by atoms with Gasteiger partial charge in [-0.3, -0.25) is 9.59 Å². The number of ether oxygens (including phenoxy) is 2. The average Bonchev–Trinajstić information content (AvgIpc) is 2.62. The van der Waals surface area contributed by atoms with Gasteiger partial charge in [0.2, 0.25) is 0 Å². The minimum Gasteiger partial charge on any atom is -0.466 e. The number of hydrogen-bond acceptors (Lipinski definition) is 5. The van der Waals surface area contributed by atoms with E-state index in [-0.39, 0.29) is 17.8 Å². The Kier molecular flexibility index (Phi) is 14.0. The lowest BCUT2D eigenvalue weighted by molar-refractivity contribution is -0.152. The second-order valence-corrected chi connectivity index (χ2v) is 7.54. The molecule has 0 aliphatic rings. The number of thiol groups is 1. The summed E-state index contributed by atoms with van der Waals surface area (Å²) in [5.41, 5.74) is 0.0406. The molecule has 0 amide bonds. The first-order valence-electron chi connectivity index (χ1n) is 9.95. The lowest BCUT2D eigenvalue weighted by atomic mass is 9.78. The van der Waals surface area contributed by atoms with Crippen molar-refractivity contribution in [2.45, 2.75) is 97.2 Å². The third kappa shape index (κ3) is 10.8. The molecule has 0 saturated heterocycles. The van der Waals surface area contributed by atoms with Gasteiger partial charge >= 0.3 is 11.9 Å². The van der Waals surface area contributed by atoms with Crippen molar-refractivity contribution in [3.05, 3.63) is 0 Å². The van der Waals surface area contributed by atoms with Gasteiger partial charge < -0.3 is 9.47 Å². The van der Waals surface area contributed by atoms with Crippen LogP contribution in [0.5, 0.6) is 0 Å². The molecular formula is C20H38O4S. The highest BCUT2D eigenvalue weighted by Gasteiger charge is 2.29. The topological polar surface area (TPSA) is 52.6 Å². The van der Waals surface area contributed by atoms with Crippen LogP contribution < -0.4 is 0 Å². The van der Waals surface area contributed by atoms with Crippen molar-refractivity contribution in [1.82, 2.24) is 0 Å². The summed E-state index contributed by atoms with van der Waals surface area (Å²) in [5, 5.41) is -0.749. The fourth-order valence-electron chi connectivity index (χ4n) is 2.77. The van der Waals surface area contributed by atoms with Gasteiger partial charge in [-0.25, -0.2) is 0 Å². The Morgan fingerprint density at radius 3 is 2.12 bits per heavy atom. The molecule has 0 spiro atoms. The monoisotopic (exact) mass is 374 g/mol. The van der Waals surface area contributed by atoms with Gasteiger partial charge in [0.15, 0.2) is 0 Å². The van der Waals surface area contributed by atoms with Gasteiger partial charge in [-0.15, -0.1) is 0 Å². The van der Waals surface area contributed by atoms with E-state index in [0.29, 0.717) is 13.2 Å². The molecule has 1 atom stereocenters. The van der Waals surface area contributed by atoms with Gasteiger partial charge in [-0.2, -0.15) is 12.6 Å². The van der Waals surface area contributed by atoms with Crippen LogP contribution in [0.25, 0.3) is 0 Å². The maximum Gasteiger partial charge on any atom is 0.319 e. The van der Waals surface area contributed by atoms with Crippen LogP contribution in [0.1, 0.15) is 91.9 Å². The molecule has 25 heavy (non-hydrogen) atoms. The molecule has 0 aliphatic carbocycles. The molecule has 148 valence electrons.